The molecule has 4 N–H and O–H groups in total. The van der Waals surface area contributed by atoms with Gasteiger partial charge in [-0.2, -0.15) is 0 Å². The third kappa shape index (κ3) is 83.9. The van der Waals surface area contributed by atoms with Gasteiger partial charge in [-0.25, -0.2) is 9.13 Å². The summed E-state index contributed by atoms with van der Waals surface area (Å²) in [5, 5.41) is 20.7. The number of unbranched alkanes of at least 4 members (excludes halogenated alkanes) is 31. The van der Waals surface area contributed by atoms with Crippen molar-refractivity contribution in [1.29, 1.82) is 0 Å². The van der Waals surface area contributed by atoms with Crippen molar-refractivity contribution < 1.29 is 75.8 Å². The summed E-state index contributed by atoms with van der Waals surface area (Å²) in [6, 6.07) is 0. The van der Waals surface area contributed by atoms with Crippen LogP contribution in [0.4, 0.5) is 0 Å². The van der Waals surface area contributed by atoms with E-state index in [0.29, 0.717) is 19.3 Å². The van der Waals surface area contributed by atoms with E-state index in [1.807, 2.05) is 0 Å². The molecule has 0 amide bonds. The van der Waals surface area contributed by atoms with Crippen molar-refractivity contribution in [1.82, 2.24) is 0 Å². The van der Waals surface area contributed by atoms with Gasteiger partial charge in [0.15, 0.2) is 6.10 Å². The minimum Gasteiger partial charge on any atom is -0.463 e. The van der Waals surface area contributed by atoms with Gasteiger partial charge >= 0.3 is 33.6 Å². The van der Waals surface area contributed by atoms with Crippen molar-refractivity contribution in [2.45, 2.75) is 360 Å². The molecule has 0 aromatic carbocycles. The highest BCUT2D eigenvalue weighted by atomic mass is 31.2. The Balaban J connectivity index is 4.69. The first-order valence-corrected chi connectivity index (χ1v) is 45.8. The van der Waals surface area contributed by atoms with Crippen molar-refractivity contribution in [3.05, 3.63) is 158 Å². The number of esters is 3. The maximum Gasteiger partial charge on any atom is 0.472 e. The van der Waals surface area contributed by atoms with Gasteiger partial charge in [-0.05, 0) is 154 Å². The van der Waals surface area contributed by atoms with Crippen LogP contribution in [0.25, 0.3) is 0 Å². The number of carbonyl (C=O) groups is 3. The monoisotopic (exact) mass is 1570 g/mol. The molecule has 0 radical (unpaired) electrons. The Morgan fingerprint density at radius 3 is 0.771 bits per heavy atom. The Kier molecular flexibility index (Phi) is 79.0. The molecule has 18 heteroatoms. The van der Waals surface area contributed by atoms with E-state index in [1.54, 1.807) is 0 Å². The lowest BCUT2D eigenvalue weighted by Crippen LogP contribution is -2.30. The molecule has 0 saturated carbocycles. The second-order valence-corrected chi connectivity index (χ2v) is 31.2. The lowest BCUT2D eigenvalue weighted by molar-refractivity contribution is -0.161. The zero-order valence-electron chi connectivity index (χ0n) is 68.4. The Bertz CT molecular complexity index is 2610. The van der Waals surface area contributed by atoms with E-state index in [9.17, 15) is 43.5 Å². The highest BCUT2D eigenvalue weighted by Crippen LogP contribution is 2.45. The van der Waals surface area contributed by atoms with Crippen LogP contribution in [0.5, 0.6) is 0 Å². The second-order valence-electron chi connectivity index (χ2n) is 28.2. The van der Waals surface area contributed by atoms with Gasteiger partial charge in [-0.1, -0.05) is 326 Å². The van der Waals surface area contributed by atoms with Crippen LogP contribution in [-0.2, 0) is 55.8 Å². The average molecular weight is 1570 g/mol. The van der Waals surface area contributed by atoms with Crippen LogP contribution < -0.4 is 0 Å². The molecular weight excluding hydrogens is 1410 g/mol. The van der Waals surface area contributed by atoms with Crippen molar-refractivity contribution in [3.8, 4) is 0 Å². The quantitative estimate of drug-likeness (QED) is 0.0146. The summed E-state index contributed by atoms with van der Waals surface area (Å²) in [6.45, 7) is 2.51. The van der Waals surface area contributed by atoms with E-state index in [0.717, 1.165) is 186 Å². The molecular formula is C91H154O16P2. The first-order valence-electron chi connectivity index (χ1n) is 42.8. The van der Waals surface area contributed by atoms with Crippen LogP contribution in [0.2, 0.25) is 0 Å². The summed E-state index contributed by atoms with van der Waals surface area (Å²) in [7, 11) is -9.82. The Hall–Kier alpha value is -4.83. The van der Waals surface area contributed by atoms with Gasteiger partial charge in [0.1, 0.15) is 25.4 Å². The minimum atomic E-state index is -4.95. The van der Waals surface area contributed by atoms with Crippen molar-refractivity contribution in [3.63, 3.8) is 0 Å². The zero-order chi connectivity index (χ0) is 79.4. The lowest BCUT2D eigenvalue weighted by Gasteiger charge is -2.21. The fraction of sp³-hybridized carbons (Fsp3) is 0.681. The maximum absolute atomic E-state index is 13.0. The number of ether oxygens (including phenoxy) is 3. The molecule has 0 aliphatic rings. The smallest absolute Gasteiger partial charge is 0.463 e. The van der Waals surface area contributed by atoms with Crippen LogP contribution in [0, 0.1) is 0 Å². The molecule has 109 heavy (non-hydrogen) atoms. The van der Waals surface area contributed by atoms with Crippen LogP contribution >= 0.6 is 15.6 Å². The van der Waals surface area contributed by atoms with Crippen molar-refractivity contribution in [2.24, 2.45) is 0 Å². The molecule has 5 atom stereocenters. The topological polar surface area (TPSA) is 231 Å². The van der Waals surface area contributed by atoms with Crippen LogP contribution in [-0.4, -0.2) is 95.9 Å². The molecule has 16 nitrogen and oxygen atoms in total. The molecule has 0 aliphatic heterocycles. The van der Waals surface area contributed by atoms with Crippen LogP contribution in [0.3, 0.4) is 0 Å². The van der Waals surface area contributed by atoms with E-state index in [-0.39, 0.29) is 19.3 Å². The third-order valence-corrected chi connectivity index (χ3v) is 19.6. The number of aliphatic hydroxyl groups is 2. The zero-order valence-corrected chi connectivity index (χ0v) is 70.2. The van der Waals surface area contributed by atoms with E-state index in [4.69, 9.17) is 32.3 Å². The van der Waals surface area contributed by atoms with Crippen LogP contribution in [0.1, 0.15) is 342 Å². The first kappa shape index (κ1) is 104. The Morgan fingerprint density at radius 2 is 0.486 bits per heavy atom. The van der Waals surface area contributed by atoms with Crippen molar-refractivity contribution >= 4 is 33.6 Å². The SMILES string of the molecule is CC/C=C\C/C=C\C/C=C\C/C=C\C/C=C\CCCCCCCCCCCCCC(=O)OCC(O)COP(=O)(O)OCC(O)COP(=O)(O)OCC(COC(=O)CCCCCCCCC/C=C\C/C=C\C/C=C\C/C=C\CCCCC)OC(=O)CCCCCCCCC/C=C\C/C=C\C/C=C\C/C=C\CCCCC. The summed E-state index contributed by atoms with van der Waals surface area (Å²) in [6.07, 6.45) is 104. The molecule has 0 spiro atoms. The molecule has 0 aromatic rings. The van der Waals surface area contributed by atoms with E-state index in [2.05, 4.69) is 179 Å². The summed E-state index contributed by atoms with van der Waals surface area (Å²) in [4.78, 5) is 58.9. The lowest BCUT2D eigenvalue weighted by atomic mass is 10.0. The highest BCUT2D eigenvalue weighted by molar-refractivity contribution is 7.47. The molecule has 0 rings (SSSR count). The van der Waals surface area contributed by atoms with Gasteiger partial charge < -0.3 is 34.2 Å². The third-order valence-electron chi connectivity index (χ3n) is 17.7. The Morgan fingerprint density at radius 1 is 0.266 bits per heavy atom. The normalized spacial score (nSPS) is 14.7. The number of rotatable bonds is 80. The van der Waals surface area contributed by atoms with Gasteiger partial charge in [-0.15, -0.1) is 0 Å². The highest BCUT2D eigenvalue weighted by Gasteiger charge is 2.29. The van der Waals surface area contributed by atoms with E-state index >= 15 is 0 Å². The number of hydrogen-bond acceptors (Lipinski definition) is 14. The minimum absolute atomic E-state index is 0.0851. The van der Waals surface area contributed by atoms with Gasteiger partial charge in [0.05, 0.1) is 26.4 Å². The molecule has 5 unspecified atom stereocenters. The van der Waals surface area contributed by atoms with Gasteiger partial charge in [-0.3, -0.25) is 32.5 Å². The molecule has 0 bridgehead atoms. The molecule has 0 saturated heterocycles. The summed E-state index contributed by atoms with van der Waals surface area (Å²) in [5.74, 6) is -1.60. The fourth-order valence-electron chi connectivity index (χ4n) is 11.2. The number of hydrogen-bond donors (Lipinski definition) is 4. The molecule has 0 aliphatic carbocycles. The number of phosphoric acid groups is 2. The summed E-state index contributed by atoms with van der Waals surface area (Å²) >= 11 is 0. The average Bonchev–Trinajstić information content (AvgIpc) is 0.904. The molecule has 0 heterocycles. The van der Waals surface area contributed by atoms with Crippen molar-refractivity contribution in [2.75, 3.05) is 39.6 Å². The maximum atomic E-state index is 13.0. The second kappa shape index (κ2) is 82.6. The van der Waals surface area contributed by atoms with Gasteiger partial charge in [0, 0.05) is 19.3 Å². The summed E-state index contributed by atoms with van der Waals surface area (Å²) in [5.41, 5.74) is 0. The number of carbonyl (C=O) groups excluding carboxylic acids is 3. The number of allylic oxidation sites excluding steroid dienone is 26. The van der Waals surface area contributed by atoms with Crippen LogP contribution in [0.15, 0.2) is 158 Å². The molecule has 624 valence electrons. The number of phosphoric ester groups is 2. The molecule has 0 aromatic heterocycles. The number of aliphatic hydroxyl groups excluding tert-OH is 2. The predicted octanol–water partition coefficient (Wildman–Crippen LogP) is 25.8. The largest absolute Gasteiger partial charge is 0.472 e. The van der Waals surface area contributed by atoms with E-state index in [1.165, 1.54) is 96.3 Å². The van der Waals surface area contributed by atoms with Gasteiger partial charge in [0.25, 0.3) is 0 Å². The summed E-state index contributed by atoms with van der Waals surface area (Å²) < 4.78 is 61.4. The molecule has 0 fully saturated rings. The van der Waals surface area contributed by atoms with Gasteiger partial charge in [0.2, 0.25) is 0 Å². The first-order chi connectivity index (χ1) is 53.2. The van der Waals surface area contributed by atoms with E-state index < -0.39 is 91.5 Å². The standard InChI is InChI=1S/C91H154O16P2/c1-4-7-10-13-16-19-22-25-28-31-34-37-40-41-42-43-46-48-50-53-56-59-62-65-68-71-74-77-89(94)101-80-86(92)81-103-108(97,98)104-82-87(93)83-105-109(99,100)106-85-88(107-91(96)79-76-73-70-67-64-61-58-55-52-49-45-39-36-33-30-27-24-21-18-15-12-9-6-3)84-102-90(95)78-75-72-69-66-63-60-57-54-51-47-44-38-35-32-29-26-23-20-17-14-11-8-5-2/h7,10,16-21,25-30,34-39,41-42,47,49,51-52,86-88,92-93H,4-6,8-9,11-15,22-24,31-33,40,43-46,48,50,53-85H2,1-3H3,(H,97,98)(H,99,100)/b10-7-,19-16-,20-17-,21-18-,28-25-,29-26-,30-27-,37-34-,38-35-,39-36-,42-41-,51-47-,52-49-. The predicted molar refractivity (Wildman–Crippen MR) is 454 cm³/mol. The Labute approximate surface area is 663 Å². The fourth-order valence-corrected chi connectivity index (χ4v) is 12.8.